The molecule has 5 nitrogen and oxygen atoms in total. The van der Waals surface area contributed by atoms with Crippen molar-refractivity contribution >= 4 is 11.8 Å². The minimum Gasteiger partial charge on any atom is -0.494 e. The monoisotopic (exact) mass is 358 g/mol. The lowest BCUT2D eigenvalue weighted by Crippen LogP contribution is -2.33. The first kappa shape index (κ1) is 19.4. The Hall–Kier alpha value is -2.89. The Morgan fingerprint density at radius 2 is 1.77 bits per heavy atom. The van der Waals surface area contributed by atoms with Crippen LogP contribution in [0.1, 0.15) is 43.5 Å². The molecule has 26 heavy (non-hydrogen) atoms. The van der Waals surface area contributed by atoms with Gasteiger partial charge < -0.3 is 15.4 Å². The van der Waals surface area contributed by atoms with Crippen molar-refractivity contribution in [3.8, 4) is 5.75 Å². The molecule has 0 radical (unpaired) electrons. The number of halogens is 1. The summed E-state index contributed by atoms with van der Waals surface area (Å²) in [7, 11) is 1.40. The quantitative estimate of drug-likeness (QED) is 0.798. The van der Waals surface area contributed by atoms with Crippen LogP contribution in [0.25, 0.3) is 0 Å². The largest absolute Gasteiger partial charge is 0.494 e. The van der Waals surface area contributed by atoms with Gasteiger partial charge in [0.05, 0.1) is 25.6 Å². The Kier molecular flexibility index (Phi) is 6.72. The van der Waals surface area contributed by atoms with E-state index >= 15 is 0 Å². The molecule has 0 aliphatic carbocycles. The highest BCUT2D eigenvalue weighted by molar-refractivity contribution is 5.79. The second kappa shape index (κ2) is 8.99. The molecule has 0 aromatic heterocycles. The first-order valence-corrected chi connectivity index (χ1v) is 8.35. The van der Waals surface area contributed by atoms with Gasteiger partial charge in [0.15, 0.2) is 11.6 Å². The van der Waals surface area contributed by atoms with Crippen molar-refractivity contribution in [2.45, 2.75) is 32.4 Å². The van der Waals surface area contributed by atoms with Crippen LogP contribution in [0.15, 0.2) is 48.5 Å². The van der Waals surface area contributed by atoms with E-state index in [1.807, 2.05) is 30.3 Å². The number of methoxy groups -OCH3 is 1. The van der Waals surface area contributed by atoms with Crippen LogP contribution in [0.5, 0.6) is 5.75 Å². The van der Waals surface area contributed by atoms with E-state index in [1.165, 1.54) is 26.2 Å². The van der Waals surface area contributed by atoms with Gasteiger partial charge in [-0.15, -0.1) is 0 Å². The molecule has 0 spiro atoms. The van der Waals surface area contributed by atoms with Crippen LogP contribution in [0.2, 0.25) is 0 Å². The van der Waals surface area contributed by atoms with Crippen LogP contribution in [0, 0.1) is 5.82 Å². The fraction of sp³-hybridized carbons (Fsp3) is 0.300. The third kappa shape index (κ3) is 5.31. The van der Waals surface area contributed by atoms with E-state index in [0.29, 0.717) is 5.56 Å². The molecule has 0 bridgehead atoms. The predicted octanol–water partition coefficient (Wildman–Crippen LogP) is 3.28. The average molecular weight is 358 g/mol. The van der Waals surface area contributed by atoms with E-state index in [2.05, 4.69) is 10.6 Å². The minimum absolute atomic E-state index is 0.0899. The van der Waals surface area contributed by atoms with Crippen molar-refractivity contribution in [3.63, 3.8) is 0 Å². The summed E-state index contributed by atoms with van der Waals surface area (Å²) in [5.74, 6) is -0.776. The third-order valence-corrected chi connectivity index (χ3v) is 4.02. The van der Waals surface area contributed by atoms with E-state index in [4.69, 9.17) is 4.74 Å². The van der Waals surface area contributed by atoms with Gasteiger partial charge in [0.25, 0.3) is 0 Å². The van der Waals surface area contributed by atoms with Crippen LogP contribution in [-0.2, 0) is 9.59 Å². The molecule has 2 aromatic carbocycles. The van der Waals surface area contributed by atoms with Crippen LogP contribution < -0.4 is 15.4 Å². The third-order valence-electron chi connectivity index (χ3n) is 4.02. The Balaban J connectivity index is 2.05. The number of hydrogen-bond donors (Lipinski definition) is 2. The van der Waals surface area contributed by atoms with Gasteiger partial charge in [-0.25, -0.2) is 4.39 Å². The molecular formula is C20H23FN2O3. The van der Waals surface area contributed by atoms with Crippen molar-refractivity contribution in [2.24, 2.45) is 0 Å². The molecule has 138 valence electrons. The lowest BCUT2D eigenvalue weighted by molar-refractivity contribution is -0.123. The zero-order valence-electron chi connectivity index (χ0n) is 15.1. The molecule has 0 saturated heterocycles. The summed E-state index contributed by atoms with van der Waals surface area (Å²) in [5, 5.41) is 5.62. The molecule has 2 N–H and O–H groups in total. The van der Waals surface area contributed by atoms with Gasteiger partial charge in [0.2, 0.25) is 11.8 Å². The number of carbonyl (C=O) groups excluding carboxylic acids is 2. The van der Waals surface area contributed by atoms with Crippen LogP contribution in [-0.4, -0.2) is 18.9 Å². The van der Waals surface area contributed by atoms with E-state index in [-0.39, 0.29) is 30.0 Å². The molecule has 2 amide bonds. The minimum atomic E-state index is -0.480. The summed E-state index contributed by atoms with van der Waals surface area (Å²) in [6.45, 7) is 3.19. The second-order valence-electron chi connectivity index (χ2n) is 6.05. The number of benzene rings is 2. The molecule has 0 aliphatic rings. The molecule has 2 aromatic rings. The maximum absolute atomic E-state index is 13.8. The Bertz CT molecular complexity index is 765. The van der Waals surface area contributed by atoms with Crippen LogP contribution >= 0.6 is 0 Å². The van der Waals surface area contributed by atoms with Crippen LogP contribution in [0.4, 0.5) is 4.39 Å². The van der Waals surface area contributed by atoms with Gasteiger partial charge in [-0.1, -0.05) is 36.4 Å². The molecule has 0 unspecified atom stereocenters. The summed E-state index contributed by atoms with van der Waals surface area (Å²) in [4.78, 5) is 23.9. The first-order valence-electron chi connectivity index (χ1n) is 8.35. The van der Waals surface area contributed by atoms with Gasteiger partial charge in [0, 0.05) is 6.92 Å². The van der Waals surface area contributed by atoms with Gasteiger partial charge in [-0.2, -0.15) is 0 Å². The van der Waals surface area contributed by atoms with Gasteiger partial charge >= 0.3 is 0 Å². The molecule has 0 aliphatic heterocycles. The van der Waals surface area contributed by atoms with E-state index in [1.54, 1.807) is 13.0 Å². The molecule has 0 saturated carbocycles. The number of ether oxygens (including phenoxy) is 1. The van der Waals surface area contributed by atoms with Crippen molar-refractivity contribution in [1.82, 2.24) is 10.6 Å². The standard InChI is InChI=1S/C20H23FN2O3/c1-13(16-9-10-19(26-3)17(21)11-16)22-20(25)12-18(23-14(2)24)15-7-5-4-6-8-15/h4-11,13,18H,12H2,1-3H3,(H,22,25)(H,23,24)/t13-,18-/m1/s1. The Morgan fingerprint density at radius 3 is 2.35 bits per heavy atom. The van der Waals surface area contributed by atoms with Crippen LogP contribution in [0.3, 0.4) is 0 Å². The summed E-state index contributed by atoms with van der Waals surface area (Å²) < 4.78 is 18.7. The van der Waals surface area contributed by atoms with Crippen molar-refractivity contribution in [2.75, 3.05) is 7.11 Å². The van der Waals surface area contributed by atoms with Crippen molar-refractivity contribution < 1.29 is 18.7 Å². The maximum Gasteiger partial charge on any atom is 0.222 e. The molecule has 0 heterocycles. The van der Waals surface area contributed by atoms with Gasteiger partial charge in [-0.3, -0.25) is 9.59 Å². The van der Waals surface area contributed by atoms with E-state index in [0.717, 1.165) is 5.56 Å². The number of amides is 2. The molecule has 0 fully saturated rings. The summed E-state index contributed by atoms with van der Waals surface area (Å²) in [6.07, 6.45) is 0.0899. The Morgan fingerprint density at radius 1 is 1.08 bits per heavy atom. The summed E-state index contributed by atoms with van der Waals surface area (Å²) in [5.41, 5.74) is 1.48. The number of rotatable bonds is 7. The van der Waals surface area contributed by atoms with Gasteiger partial charge in [-0.05, 0) is 30.2 Å². The summed E-state index contributed by atoms with van der Waals surface area (Å²) in [6, 6.07) is 13.1. The predicted molar refractivity (Wildman–Crippen MR) is 97.1 cm³/mol. The highest BCUT2D eigenvalue weighted by Crippen LogP contribution is 2.22. The molecular weight excluding hydrogens is 335 g/mol. The SMILES string of the molecule is COc1ccc([C@@H](C)NC(=O)C[C@@H](NC(C)=O)c2ccccc2)cc1F. The van der Waals surface area contributed by atoms with Gasteiger partial charge in [0.1, 0.15) is 0 Å². The smallest absolute Gasteiger partial charge is 0.222 e. The summed E-state index contributed by atoms with van der Waals surface area (Å²) >= 11 is 0. The normalized spacial score (nSPS) is 12.8. The number of carbonyl (C=O) groups is 2. The van der Waals surface area contributed by atoms with Crippen molar-refractivity contribution in [3.05, 3.63) is 65.5 Å². The first-order chi connectivity index (χ1) is 12.4. The zero-order valence-corrected chi connectivity index (χ0v) is 15.1. The number of nitrogens with one attached hydrogen (secondary N) is 2. The lowest BCUT2D eigenvalue weighted by atomic mass is 10.0. The fourth-order valence-electron chi connectivity index (χ4n) is 2.70. The fourth-order valence-corrected chi connectivity index (χ4v) is 2.70. The molecule has 2 rings (SSSR count). The molecule has 6 heteroatoms. The van der Waals surface area contributed by atoms with Crippen molar-refractivity contribution in [1.29, 1.82) is 0 Å². The average Bonchev–Trinajstić information content (AvgIpc) is 2.61. The second-order valence-corrected chi connectivity index (χ2v) is 6.05. The highest BCUT2D eigenvalue weighted by atomic mass is 19.1. The highest BCUT2D eigenvalue weighted by Gasteiger charge is 2.19. The Labute approximate surface area is 152 Å². The van der Waals surface area contributed by atoms with E-state index < -0.39 is 11.9 Å². The maximum atomic E-state index is 13.8. The topological polar surface area (TPSA) is 67.4 Å². The zero-order chi connectivity index (χ0) is 19.1. The lowest BCUT2D eigenvalue weighted by Gasteiger charge is -2.20. The van der Waals surface area contributed by atoms with E-state index in [9.17, 15) is 14.0 Å². The number of hydrogen-bond acceptors (Lipinski definition) is 3. The molecule has 2 atom stereocenters.